The van der Waals surface area contributed by atoms with E-state index in [-0.39, 0.29) is 36.4 Å². The van der Waals surface area contributed by atoms with Gasteiger partial charge in [0.2, 0.25) is 0 Å². The van der Waals surface area contributed by atoms with Gasteiger partial charge in [-0.2, -0.15) is 13.2 Å². The second-order valence-corrected chi connectivity index (χ2v) is 5.75. The number of carbonyl (C=O) groups is 1. The van der Waals surface area contributed by atoms with Crippen LogP contribution in [0.2, 0.25) is 0 Å². The number of para-hydroxylation sites is 1. The summed E-state index contributed by atoms with van der Waals surface area (Å²) in [6, 6.07) is 7.31. The Labute approximate surface area is 118 Å². The molecule has 1 N–H and O–H groups in total. The van der Waals surface area contributed by atoms with Gasteiger partial charge in [-0.3, -0.25) is 4.79 Å². The normalized spacial score (nSPS) is 18.1. The van der Waals surface area contributed by atoms with Gasteiger partial charge in [-0.05, 0) is 23.4 Å². The van der Waals surface area contributed by atoms with Gasteiger partial charge in [0, 0.05) is 30.4 Å². The summed E-state index contributed by atoms with van der Waals surface area (Å²) in [7, 11) is 0. The van der Waals surface area contributed by atoms with E-state index < -0.39 is 11.5 Å². The Morgan fingerprint density at radius 2 is 2.10 bits per heavy atom. The Balaban J connectivity index is 2.03. The van der Waals surface area contributed by atoms with Crippen molar-refractivity contribution in [2.75, 3.05) is 23.7 Å². The Hall–Kier alpha value is -1.37. The van der Waals surface area contributed by atoms with Crippen molar-refractivity contribution in [2.24, 2.45) is 0 Å². The van der Waals surface area contributed by atoms with E-state index in [0.717, 1.165) is 11.3 Å². The number of hydrogen-bond donors (Lipinski definition) is 1. The second-order valence-electron chi connectivity index (χ2n) is 4.59. The van der Waals surface area contributed by atoms with Crippen LogP contribution in [0.1, 0.15) is 17.9 Å². The molecule has 20 heavy (non-hydrogen) atoms. The molecule has 0 fully saturated rings. The molecule has 1 aromatic rings. The molecule has 1 aromatic carbocycles. The average Bonchev–Trinajstić information content (AvgIpc) is 2.66. The second kappa shape index (κ2) is 5.95. The third-order valence-electron chi connectivity index (χ3n) is 3.21. The molecule has 1 unspecified atom stereocenters. The van der Waals surface area contributed by atoms with Gasteiger partial charge in [-0.1, -0.05) is 18.2 Å². The van der Waals surface area contributed by atoms with Gasteiger partial charge in [0.25, 0.3) is 0 Å². The zero-order valence-corrected chi connectivity index (χ0v) is 11.4. The first-order valence-electron chi connectivity index (χ1n) is 6.13. The van der Waals surface area contributed by atoms with Crippen LogP contribution in [0.25, 0.3) is 0 Å². The lowest BCUT2D eigenvalue weighted by Gasteiger charge is -2.19. The van der Waals surface area contributed by atoms with E-state index in [0.29, 0.717) is 6.54 Å². The van der Waals surface area contributed by atoms with Crippen molar-refractivity contribution in [3.63, 3.8) is 0 Å². The van der Waals surface area contributed by atoms with Crippen LogP contribution in [-0.2, 0) is 4.79 Å². The predicted octanol–water partition coefficient (Wildman–Crippen LogP) is 3.32. The number of thioether (sulfide) groups is 1. The number of aliphatic carboxylic acids is 1. The molecule has 3 nitrogen and oxygen atoms in total. The quantitative estimate of drug-likeness (QED) is 0.906. The fourth-order valence-electron chi connectivity index (χ4n) is 2.45. The maximum atomic E-state index is 12.1. The standard InChI is InChI=1S/C13H14F3NO2S/c14-13(15,16)20-6-5-17-8-9(7-12(18)19)10-3-1-2-4-11(10)17/h1-4,9H,5-8H2,(H,18,19). The molecule has 0 aliphatic carbocycles. The van der Waals surface area contributed by atoms with Crippen molar-refractivity contribution in [3.8, 4) is 0 Å². The van der Waals surface area contributed by atoms with E-state index >= 15 is 0 Å². The van der Waals surface area contributed by atoms with E-state index in [1.807, 2.05) is 29.2 Å². The van der Waals surface area contributed by atoms with Gasteiger partial charge in [0.1, 0.15) is 0 Å². The van der Waals surface area contributed by atoms with Gasteiger partial charge >= 0.3 is 11.5 Å². The van der Waals surface area contributed by atoms with Crippen molar-refractivity contribution >= 4 is 23.4 Å². The molecule has 1 aliphatic rings. The van der Waals surface area contributed by atoms with Gasteiger partial charge in [-0.25, -0.2) is 0 Å². The third kappa shape index (κ3) is 3.82. The first-order chi connectivity index (χ1) is 9.37. The molecular formula is C13H14F3NO2S. The summed E-state index contributed by atoms with van der Waals surface area (Å²) in [6.45, 7) is 0.724. The van der Waals surface area contributed by atoms with E-state index in [1.165, 1.54) is 0 Å². The Bertz CT molecular complexity index is 493. The number of anilines is 1. The number of fused-ring (bicyclic) bond motifs is 1. The minimum absolute atomic E-state index is 0.0000724. The molecule has 0 saturated carbocycles. The van der Waals surface area contributed by atoms with Crippen LogP contribution in [0.15, 0.2) is 24.3 Å². The zero-order chi connectivity index (χ0) is 14.8. The summed E-state index contributed by atoms with van der Waals surface area (Å²) in [5, 5.41) is 8.90. The number of carboxylic acids is 1. The molecule has 1 atom stereocenters. The maximum absolute atomic E-state index is 12.1. The highest BCUT2D eigenvalue weighted by Crippen LogP contribution is 2.38. The number of halogens is 3. The van der Waals surface area contributed by atoms with Crippen molar-refractivity contribution < 1.29 is 23.1 Å². The molecule has 0 amide bonds. The molecule has 110 valence electrons. The molecular weight excluding hydrogens is 291 g/mol. The summed E-state index contributed by atoms with van der Waals surface area (Å²) >= 11 is -0.0478. The van der Waals surface area contributed by atoms with Gasteiger partial charge in [0.15, 0.2) is 0 Å². The van der Waals surface area contributed by atoms with E-state index in [1.54, 1.807) is 0 Å². The topological polar surface area (TPSA) is 40.5 Å². The molecule has 2 rings (SSSR count). The molecule has 0 saturated heterocycles. The summed E-state index contributed by atoms with van der Waals surface area (Å²) in [5.74, 6) is -1.10. The Kier molecular flexibility index (Phi) is 4.47. The SMILES string of the molecule is O=C(O)CC1CN(CCSC(F)(F)F)c2ccccc21. The van der Waals surface area contributed by atoms with Crippen LogP contribution in [0.3, 0.4) is 0 Å². The van der Waals surface area contributed by atoms with E-state index in [2.05, 4.69) is 0 Å². The van der Waals surface area contributed by atoms with Crippen LogP contribution in [0.5, 0.6) is 0 Å². The van der Waals surface area contributed by atoms with Crippen LogP contribution < -0.4 is 4.90 Å². The van der Waals surface area contributed by atoms with Crippen LogP contribution in [0.4, 0.5) is 18.9 Å². The van der Waals surface area contributed by atoms with Gasteiger partial charge in [0.05, 0.1) is 6.42 Å². The number of nitrogens with zero attached hydrogens (tertiary/aromatic N) is 1. The lowest BCUT2D eigenvalue weighted by atomic mass is 9.98. The third-order valence-corrected chi connectivity index (χ3v) is 3.92. The Morgan fingerprint density at radius 3 is 2.75 bits per heavy atom. The van der Waals surface area contributed by atoms with Crippen LogP contribution in [0, 0.1) is 0 Å². The van der Waals surface area contributed by atoms with E-state index in [9.17, 15) is 18.0 Å². The van der Waals surface area contributed by atoms with Crippen molar-refractivity contribution in [2.45, 2.75) is 17.8 Å². The fraction of sp³-hybridized carbons (Fsp3) is 0.462. The molecule has 0 radical (unpaired) electrons. The number of rotatable bonds is 5. The van der Waals surface area contributed by atoms with Gasteiger partial charge in [-0.15, -0.1) is 0 Å². The zero-order valence-electron chi connectivity index (χ0n) is 10.6. The lowest BCUT2D eigenvalue weighted by molar-refractivity contribution is -0.137. The Morgan fingerprint density at radius 1 is 1.40 bits per heavy atom. The van der Waals surface area contributed by atoms with Crippen molar-refractivity contribution in [1.82, 2.24) is 0 Å². The molecule has 0 spiro atoms. The number of hydrogen-bond acceptors (Lipinski definition) is 3. The largest absolute Gasteiger partial charge is 0.481 e. The van der Waals surface area contributed by atoms with Crippen LogP contribution >= 0.6 is 11.8 Å². The van der Waals surface area contributed by atoms with E-state index in [4.69, 9.17) is 5.11 Å². The highest BCUT2D eigenvalue weighted by molar-refractivity contribution is 8.00. The minimum Gasteiger partial charge on any atom is -0.481 e. The summed E-state index contributed by atoms with van der Waals surface area (Å²) in [4.78, 5) is 12.7. The summed E-state index contributed by atoms with van der Waals surface area (Å²) < 4.78 is 36.4. The molecule has 0 aromatic heterocycles. The van der Waals surface area contributed by atoms with Crippen molar-refractivity contribution in [3.05, 3.63) is 29.8 Å². The average molecular weight is 305 g/mol. The smallest absolute Gasteiger partial charge is 0.441 e. The molecule has 7 heteroatoms. The molecule has 1 heterocycles. The predicted molar refractivity (Wildman–Crippen MR) is 72.2 cm³/mol. The molecule has 0 bridgehead atoms. The number of benzene rings is 1. The summed E-state index contributed by atoms with van der Waals surface area (Å²) in [6.07, 6.45) is -0.0000724. The van der Waals surface area contributed by atoms with Gasteiger partial charge < -0.3 is 10.0 Å². The number of alkyl halides is 3. The maximum Gasteiger partial charge on any atom is 0.441 e. The summed E-state index contributed by atoms with van der Waals surface area (Å²) in [5.41, 5.74) is -2.46. The van der Waals surface area contributed by atoms with Crippen molar-refractivity contribution in [1.29, 1.82) is 0 Å². The highest BCUT2D eigenvalue weighted by Gasteiger charge is 2.32. The first kappa shape index (κ1) is 15.0. The van der Waals surface area contributed by atoms with Crippen LogP contribution in [-0.4, -0.2) is 35.4 Å². The first-order valence-corrected chi connectivity index (χ1v) is 7.12. The lowest BCUT2D eigenvalue weighted by Crippen LogP contribution is -2.26. The highest BCUT2D eigenvalue weighted by atomic mass is 32.2. The fourth-order valence-corrected chi connectivity index (χ4v) is 3.00. The number of carboxylic acid groups (broad SMARTS) is 1. The molecule has 1 aliphatic heterocycles. The minimum atomic E-state index is -4.22. The monoisotopic (exact) mass is 305 g/mol.